The van der Waals surface area contributed by atoms with Crippen molar-refractivity contribution in [1.82, 2.24) is 20.2 Å². The molecule has 0 spiro atoms. The largest absolute Gasteiger partial charge is 0.295 e. The number of halogens is 1. The lowest BCUT2D eigenvalue weighted by molar-refractivity contribution is -0.115. The molecule has 0 aliphatic carbocycles. The third kappa shape index (κ3) is 3.11. The molecule has 0 radical (unpaired) electrons. The van der Waals surface area contributed by atoms with E-state index < -0.39 is 0 Å². The zero-order valence-corrected chi connectivity index (χ0v) is 13.2. The van der Waals surface area contributed by atoms with Crippen LogP contribution in [0.25, 0.3) is 9.88 Å². The minimum atomic E-state index is -0.175. The van der Waals surface area contributed by atoms with Gasteiger partial charge in [-0.05, 0) is 22.0 Å². The second-order valence-corrected chi connectivity index (χ2v) is 6.52. The summed E-state index contributed by atoms with van der Waals surface area (Å²) in [5.41, 5.74) is 0.742. The highest BCUT2D eigenvalue weighted by atomic mass is 79.9. The molecule has 3 rings (SSSR count). The molecule has 0 atom stereocenters. The fourth-order valence-electron chi connectivity index (χ4n) is 1.53. The molecule has 0 unspecified atom stereocenters. The van der Waals surface area contributed by atoms with E-state index in [1.165, 1.54) is 17.7 Å². The number of amides is 1. The molecule has 1 amide bonds. The summed E-state index contributed by atoms with van der Waals surface area (Å²) in [6.07, 6.45) is 1.55. The van der Waals surface area contributed by atoms with Crippen molar-refractivity contribution in [1.29, 1.82) is 0 Å². The maximum Gasteiger partial charge on any atom is 0.232 e. The van der Waals surface area contributed by atoms with Crippen LogP contribution < -0.4 is 5.32 Å². The van der Waals surface area contributed by atoms with E-state index >= 15 is 0 Å². The Morgan fingerprint density at radius 3 is 3.00 bits per heavy atom. The van der Waals surface area contributed by atoms with Crippen LogP contribution in [0.3, 0.4) is 0 Å². The first-order valence-corrected chi connectivity index (χ1v) is 8.10. The highest BCUT2D eigenvalue weighted by Gasteiger charge is 2.11. The maximum atomic E-state index is 11.8. The van der Waals surface area contributed by atoms with E-state index in [-0.39, 0.29) is 12.3 Å². The number of hydrogen-bond donors (Lipinski definition) is 2. The van der Waals surface area contributed by atoms with Gasteiger partial charge in [0.25, 0.3) is 0 Å². The van der Waals surface area contributed by atoms with E-state index in [9.17, 15) is 4.79 Å². The Kier molecular flexibility index (Phi) is 3.90. The van der Waals surface area contributed by atoms with E-state index in [1.54, 1.807) is 11.3 Å². The number of anilines is 1. The fraction of sp³-hybridized carbons (Fsp3) is 0.0909. The molecule has 0 aliphatic rings. The number of nitrogens with one attached hydrogen (secondary N) is 2. The Balaban J connectivity index is 1.66. The highest BCUT2D eigenvalue weighted by molar-refractivity contribution is 9.10. The number of carbonyl (C=O) groups excluding carboxylic acids is 1. The topological polar surface area (TPSA) is 83.6 Å². The first kappa shape index (κ1) is 13.4. The second kappa shape index (κ2) is 5.81. The zero-order chi connectivity index (χ0) is 13.9. The van der Waals surface area contributed by atoms with Crippen molar-refractivity contribution < 1.29 is 4.79 Å². The third-order valence-electron chi connectivity index (χ3n) is 2.34. The normalized spacial score (nSPS) is 10.7. The molecule has 20 heavy (non-hydrogen) atoms. The standard InChI is InChI=1S/C11H8BrN5OS2/c12-6-1-8(19-3-6)10-15-7(4-20-10)2-9(18)16-11-13-5-14-17-11/h1,3-5H,2H2,(H2,13,14,16,17,18). The van der Waals surface area contributed by atoms with Crippen molar-refractivity contribution in [3.05, 3.63) is 33.3 Å². The first-order chi connectivity index (χ1) is 9.70. The Labute approximate surface area is 130 Å². The third-order valence-corrected chi connectivity index (χ3v) is 5.10. The van der Waals surface area contributed by atoms with Gasteiger partial charge >= 0.3 is 0 Å². The number of thiazole rings is 1. The minimum Gasteiger partial charge on any atom is -0.295 e. The number of aromatic nitrogens is 4. The Bertz CT molecular complexity index is 721. The van der Waals surface area contributed by atoms with Crippen LogP contribution in [0.2, 0.25) is 0 Å². The van der Waals surface area contributed by atoms with E-state index in [4.69, 9.17) is 0 Å². The average Bonchev–Trinajstić information content (AvgIpc) is 3.10. The van der Waals surface area contributed by atoms with Gasteiger partial charge in [-0.3, -0.25) is 10.1 Å². The van der Waals surface area contributed by atoms with Crippen LogP contribution in [0.1, 0.15) is 5.69 Å². The highest BCUT2D eigenvalue weighted by Crippen LogP contribution is 2.32. The van der Waals surface area contributed by atoms with Gasteiger partial charge in [0.05, 0.1) is 17.0 Å². The van der Waals surface area contributed by atoms with Crippen LogP contribution in [0.5, 0.6) is 0 Å². The van der Waals surface area contributed by atoms with Crippen molar-refractivity contribution in [2.75, 3.05) is 5.32 Å². The van der Waals surface area contributed by atoms with Crippen LogP contribution in [-0.4, -0.2) is 26.1 Å². The number of hydrogen-bond acceptors (Lipinski definition) is 6. The Morgan fingerprint density at radius 2 is 2.30 bits per heavy atom. The van der Waals surface area contributed by atoms with Gasteiger partial charge in [-0.25, -0.2) is 10.1 Å². The van der Waals surface area contributed by atoms with Crippen LogP contribution in [0, 0.1) is 0 Å². The summed E-state index contributed by atoms with van der Waals surface area (Å²) in [6.45, 7) is 0. The molecule has 6 nitrogen and oxygen atoms in total. The summed E-state index contributed by atoms with van der Waals surface area (Å²) in [6, 6.07) is 2.02. The van der Waals surface area contributed by atoms with Crippen LogP contribution in [0.4, 0.5) is 5.95 Å². The van der Waals surface area contributed by atoms with Crippen molar-refractivity contribution in [3.63, 3.8) is 0 Å². The number of H-pyrrole nitrogens is 1. The van der Waals surface area contributed by atoms with E-state index in [0.717, 1.165) is 20.1 Å². The summed E-state index contributed by atoms with van der Waals surface area (Å²) >= 11 is 6.56. The number of nitrogens with zero attached hydrogens (tertiary/aromatic N) is 3. The second-order valence-electron chi connectivity index (χ2n) is 3.83. The SMILES string of the molecule is O=C(Cc1csc(-c2cc(Br)cs2)n1)Nc1ncn[nH]1. The van der Waals surface area contributed by atoms with Crippen molar-refractivity contribution in [2.24, 2.45) is 0 Å². The number of rotatable bonds is 4. The van der Waals surface area contributed by atoms with E-state index in [2.05, 4.69) is 41.4 Å². The summed E-state index contributed by atoms with van der Waals surface area (Å²) in [4.78, 5) is 21.2. The molecule has 3 aromatic rings. The Morgan fingerprint density at radius 1 is 1.40 bits per heavy atom. The molecule has 0 bridgehead atoms. The fourth-order valence-corrected chi connectivity index (χ4v) is 3.86. The molecule has 0 aromatic carbocycles. The van der Waals surface area contributed by atoms with Crippen molar-refractivity contribution >= 4 is 50.5 Å². The molecule has 0 saturated carbocycles. The van der Waals surface area contributed by atoms with Gasteiger partial charge in [-0.2, -0.15) is 10.1 Å². The van der Waals surface area contributed by atoms with E-state index in [1.807, 2.05) is 16.8 Å². The molecule has 3 aromatic heterocycles. The van der Waals surface area contributed by atoms with Gasteiger partial charge in [0, 0.05) is 15.2 Å². The first-order valence-electron chi connectivity index (χ1n) is 5.55. The van der Waals surface area contributed by atoms with Gasteiger partial charge in [0.1, 0.15) is 11.3 Å². The summed E-state index contributed by atoms with van der Waals surface area (Å²) in [5, 5.41) is 13.7. The van der Waals surface area contributed by atoms with Crippen molar-refractivity contribution in [3.8, 4) is 9.88 Å². The molecule has 3 heterocycles. The van der Waals surface area contributed by atoms with E-state index in [0.29, 0.717) is 5.95 Å². The van der Waals surface area contributed by atoms with Crippen LogP contribution >= 0.6 is 38.6 Å². The lowest BCUT2D eigenvalue weighted by Gasteiger charge is -1.98. The maximum absolute atomic E-state index is 11.8. The average molecular weight is 370 g/mol. The molecule has 9 heteroatoms. The molecule has 0 fully saturated rings. The van der Waals surface area contributed by atoms with Crippen LogP contribution in [-0.2, 0) is 11.2 Å². The summed E-state index contributed by atoms with van der Waals surface area (Å²) in [7, 11) is 0. The zero-order valence-electron chi connectivity index (χ0n) is 9.96. The van der Waals surface area contributed by atoms with Gasteiger partial charge in [0.15, 0.2) is 0 Å². The molecule has 0 saturated heterocycles. The summed E-state index contributed by atoms with van der Waals surface area (Å²) < 4.78 is 1.04. The molecular formula is C11H8BrN5OS2. The molecular weight excluding hydrogens is 362 g/mol. The predicted molar refractivity (Wildman–Crippen MR) is 81.8 cm³/mol. The van der Waals surface area contributed by atoms with Crippen molar-refractivity contribution in [2.45, 2.75) is 6.42 Å². The number of aromatic amines is 1. The smallest absolute Gasteiger partial charge is 0.232 e. The summed E-state index contributed by atoms with van der Waals surface area (Å²) in [5.74, 6) is 0.165. The quantitative estimate of drug-likeness (QED) is 0.740. The predicted octanol–water partition coefficient (Wildman–Crippen LogP) is 2.93. The monoisotopic (exact) mass is 369 g/mol. The van der Waals surface area contributed by atoms with Gasteiger partial charge in [0.2, 0.25) is 11.9 Å². The molecule has 2 N–H and O–H groups in total. The lowest BCUT2D eigenvalue weighted by Crippen LogP contribution is -2.15. The van der Waals surface area contributed by atoms with Gasteiger partial charge < -0.3 is 0 Å². The number of thiophene rings is 1. The number of carbonyl (C=O) groups is 1. The lowest BCUT2D eigenvalue weighted by atomic mass is 10.3. The minimum absolute atomic E-state index is 0.175. The molecule has 102 valence electrons. The Hall–Kier alpha value is -1.58. The molecule has 0 aliphatic heterocycles. The van der Waals surface area contributed by atoms with Gasteiger partial charge in [-0.15, -0.1) is 22.7 Å². The van der Waals surface area contributed by atoms with Crippen LogP contribution in [0.15, 0.2) is 27.6 Å². The van der Waals surface area contributed by atoms with Gasteiger partial charge in [-0.1, -0.05) is 0 Å².